The van der Waals surface area contributed by atoms with Crippen LogP contribution in [0.5, 0.6) is 0 Å². The molecule has 1 unspecified atom stereocenters. The summed E-state index contributed by atoms with van der Waals surface area (Å²) in [5, 5.41) is 0. The Morgan fingerprint density at radius 1 is 1.50 bits per heavy atom. The minimum Gasteiger partial charge on any atom is -0.382 e. The van der Waals surface area contributed by atoms with Crippen molar-refractivity contribution in [3.8, 4) is 0 Å². The van der Waals surface area contributed by atoms with Crippen LogP contribution in [0, 0.1) is 0 Å². The summed E-state index contributed by atoms with van der Waals surface area (Å²) >= 11 is 0. The number of nitrogens with zero attached hydrogens (tertiary/aromatic N) is 4. The zero-order chi connectivity index (χ0) is 14.8. The van der Waals surface area contributed by atoms with Crippen LogP contribution < -0.4 is 11.2 Å². The second-order valence-corrected chi connectivity index (χ2v) is 5.50. The molecule has 20 heavy (non-hydrogen) atoms. The molecule has 0 aromatic carbocycles. The second-order valence-electron chi connectivity index (χ2n) is 4.12. The molecule has 0 saturated heterocycles. The summed E-state index contributed by atoms with van der Waals surface area (Å²) in [6, 6.07) is 0. The lowest BCUT2D eigenvalue weighted by atomic mass is 10.4. The molecular formula is C9H15N6O4P. The van der Waals surface area contributed by atoms with Crippen molar-refractivity contribution in [2.24, 2.45) is 5.50 Å². The van der Waals surface area contributed by atoms with Gasteiger partial charge in [0.15, 0.2) is 18.3 Å². The van der Waals surface area contributed by atoms with E-state index in [2.05, 4.69) is 19.5 Å². The van der Waals surface area contributed by atoms with Gasteiger partial charge in [0.2, 0.25) is 0 Å². The molecular weight excluding hydrogens is 287 g/mol. The number of imidazole rings is 1. The number of hydrogen-bond donors (Lipinski definition) is 3. The second kappa shape index (κ2) is 5.81. The Balaban J connectivity index is 1.98. The number of fused-ring (bicyclic) bond motifs is 1. The summed E-state index contributed by atoms with van der Waals surface area (Å²) in [7, 11) is -4.02. The van der Waals surface area contributed by atoms with E-state index in [4.69, 9.17) is 20.9 Å². The first-order valence-corrected chi connectivity index (χ1v) is 7.30. The van der Waals surface area contributed by atoms with Crippen LogP contribution in [0.1, 0.15) is 6.92 Å². The number of anilines is 1. The molecule has 0 amide bonds. The van der Waals surface area contributed by atoms with Crippen molar-refractivity contribution in [2.75, 3.05) is 12.5 Å². The fourth-order valence-corrected chi connectivity index (χ4v) is 1.80. The average Bonchev–Trinajstić information content (AvgIpc) is 2.72. The Labute approximate surface area is 114 Å². The van der Waals surface area contributed by atoms with Crippen molar-refractivity contribution < 1.29 is 18.7 Å². The molecule has 5 N–H and O–H groups in total. The Kier molecular flexibility index (Phi) is 4.31. The molecule has 2 aromatic rings. The van der Waals surface area contributed by atoms with Gasteiger partial charge in [-0.05, 0) is 6.92 Å². The highest BCUT2D eigenvalue weighted by atomic mass is 31.2. The van der Waals surface area contributed by atoms with Gasteiger partial charge in [-0.2, -0.15) is 0 Å². The molecule has 2 heterocycles. The highest BCUT2D eigenvalue weighted by Gasteiger charge is 2.14. The third kappa shape index (κ3) is 3.71. The van der Waals surface area contributed by atoms with Crippen molar-refractivity contribution in [2.45, 2.75) is 19.6 Å². The van der Waals surface area contributed by atoms with Crippen LogP contribution in [0.15, 0.2) is 12.7 Å². The highest BCUT2D eigenvalue weighted by Crippen LogP contribution is 2.30. The average molecular weight is 302 g/mol. The molecule has 2 atom stereocenters. The molecule has 0 fully saturated rings. The number of aromatic nitrogens is 4. The van der Waals surface area contributed by atoms with E-state index in [-0.39, 0.29) is 12.9 Å². The Hall–Kier alpha value is -1.58. The van der Waals surface area contributed by atoms with Gasteiger partial charge in [-0.15, -0.1) is 0 Å². The van der Waals surface area contributed by atoms with E-state index >= 15 is 0 Å². The number of rotatable bonds is 6. The van der Waals surface area contributed by atoms with Crippen LogP contribution in [-0.4, -0.2) is 37.3 Å². The SMILES string of the molecule is C[C@@H](Cn1cnc2c(N)ncnc21)OCOP(N)(=O)O. The van der Waals surface area contributed by atoms with Gasteiger partial charge in [0.05, 0.1) is 19.0 Å². The van der Waals surface area contributed by atoms with Gasteiger partial charge in [0.1, 0.15) is 11.8 Å². The van der Waals surface area contributed by atoms with Crippen LogP contribution in [0.3, 0.4) is 0 Å². The van der Waals surface area contributed by atoms with Gasteiger partial charge >= 0.3 is 7.75 Å². The molecule has 2 aromatic heterocycles. The summed E-state index contributed by atoms with van der Waals surface area (Å²) in [5.74, 6) is 0.301. The number of ether oxygens (including phenoxy) is 1. The molecule has 0 radical (unpaired) electrons. The summed E-state index contributed by atoms with van der Waals surface area (Å²) in [6.07, 6.45) is 2.60. The van der Waals surface area contributed by atoms with E-state index in [1.54, 1.807) is 17.8 Å². The van der Waals surface area contributed by atoms with Crippen molar-refractivity contribution in [3.63, 3.8) is 0 Å². The third-order valence-electron chi connectivity index (χ3n) is 2.47. The summed E-state index contributed by atoms with van der Waals surface area (Å²) < 4.78 is 22.1. The molecule has 0 aliphatic carbocycles. The molecule has 2 rings (SSSR count). The van der Waals surface area contributed by atoms with Gasteiger partial charge < -0.3 is 19.9 Å². The first kappa shape index (κ1) is 14.8. The van der Waals surface area contributed by atoms with E-state index in [0.29, 0.717) is 23.5 Å². The lowest BCUT2D eigenvalue weighted by Crippen LogP contribution is -2.18. The quantitative estimate of drug-likeness (QED) is 0.488. The van der Waals surface area contributed by atoms with Crippen molar-refractivity contribution in [1.82, 2.24) is 19.5 Å². The molecule has 0 saturated carbocycles. The van der Waals surface area contributed by atoms with E-state index in [0.717, 1.165) is 0 Å². The van der Waals surface area contributed by atoms with Crippen LogP contribution in [0.2, 0.25) is 0 Å². The van der Waals surface area contributed by atoms with Crippen molar-refractivity contribution >= 4 is 24.7 Å². The maximum atomic E-state index is 10.7. The third-order valence-corrected chi connectivity index (χ3v) is 2.95. The zero-order valence-electron chi connectivity index (χ0n) is 10.7. The van der Waals surface area contributed by atoms with Gasteiger partial charge in [-0.25, -0.2) is 25.0 Å². The lowest BCUT2D eigenvalue weighted by Gasteiger charge is -2.14. The van der Waals surface area contributed by atoms with Gasteiger partial charge in [0.25, 0.3) is 0 Å². The van der Waals surface area contributed by atoms with Gasteiger partial charge in [0, 0.05) is 0 Å². The summed E-state index contributed by atoms with van der Waals surface area (Å²) in [4.78, 5) is 20.8. The van der Waals surface area contributed by atoms with Gasteiger partial charge in [-0.3, -0.25) is 4.52 Å². The van der Waals surface area contributed by atoms with E-state index in [1.807, 2.05) is 0 Å². The fourth-order valence-electron chi connectivity index (χ4n) is 1.58. The summed E-state index contributed by atoms with van der Waals surface area (Å²) in [5.41, 5.74) is 11.6. The maximum absolute atomic E-state index is 10.7. The molecule has 11 heteroatoms. The molecule has 10 nitrogen and oxygen atoms in total. The minimum atomic E-state index is -4.02. The van der Waals surface area contributed by atoms with Crippen LogP contribution in [0.25, 0.3) is 11.2 Å². The number of nitrogen functional groups attached to an aromatic ring is 1. The summed E-state index contributed by atoms with van der Waals surface area (Å²) in [6.45, 7) is 1.80. The predicted octanol–water partition coefficient (Wildman–Crippen LogP) is -0.153. The van der Waals surface area contributed by atoms with Gasteiger partial charge in [-0.1, -0.05) is 0 Å². The van der Waals surface area contributed by atoms with E-state index < -0.39 is 7.75 Å². The van der Waals surface area contributed by atoms with Crippen molar-refractivity contribution in [3.05, 3.63) is 12.7 Å². The standard InChI is InChI=1S/C9H15N6O4P/c1-6(18-5-19-20(11,16)17)2-15-4-14-7-8(10)12-3-13-9(7)15/h3-4,6H,2,5H2,1H3,(H2,10,12,13)(H3,11,16,17)/t6-/m0/s1. The molecule has 110 valence electrons. The van der Waals surface area contributed by atoms with E-state index in [1.165, 1.54) is 6.33 Å². The van der Waals surface area contributed by atoms with Crippen LogP contribution in [0.4, 0.5) is 5.82 Å². The maximum Gasteiger partial charge on any atom is 0.402 e. The molecule has 0 aliphatic rings. The number of nitrogens with two attached hydrogens (primary N) is 2. The van der Waals surface area contributed by atoms with E-state index in [9.17, 15) is 4.57 Å². The normalized spacial score (nSPS) is 16.1. The molecule has 0 aliphatic heterocycles. The van der Waals surface area contributed by atoms with Crippen molar-refractivity contribution in [1.29, 1.82) is 0 Å². The van der Waals surface area contributed by atoms with Crippen LogP contribution >= 0.6 is 7.75 Å². The zero-order valence-corrected chi connectivity index (χ0v) is 11.6. The Morgan fingerprint density at radius 3 is 2.95 bits per heavy atom. The highest BCUT2D eigenvalue weighted by molar-refractivity contribution is 7.50. The monoisotopic (exact) mass is 302 g/mol. The van der Waals surface area contributed by atoms with Crippen LogP contribution in [-0.2, 0) is 20.4 Å². The Morgan fingerprint density at radius 2 is 2.25 bits per heavy atom. The predicted molar refractivity (Wildman–Crippen MR) is 70.2 cm³/mol. The topological polar surface area (TPSA) is 151 Å². The minimum absolute atomic E-state index is 0.301. The first-order valence-electron chi connectivity index (χ1n) is 5.65. The first-order chi connectivity index (χ1) is 9.37. The molecule has 0 bridgehead atoms. The largest absolute Gasteiger partial charge is 0.402 e. The lowest BCUT2D eigenvalue weighted by molar-refractivity contribution is -0.0378. The fraction of sp³-hybridized carbons (Fsp3) is 0.444. The number of hydrogen-bond acceptors (Lipinski definition) is 7. The molecule has 0 spiro atoms. The smallest absolute Gasteiger partial charge is 0.382 e. The Bertz CT molecular complexity index is 640.